The van der Waals surface area contributed by atoms with E-state index in [1.807, 2.05) is 13.0 Å². The van der Waals surface area contributed by atoms with Crippen LogP contribution in [0.1, 0.15) is 18.5 Å². The van der Waals surface area contributed by atoms with E-state index in [0.717, 1.165) is 5.56 Å². The zero-order valence-corrected chi connectivity index (χ0v) is 10.7. The summed E-state index contributed by atoms with van der Waals surface area (Å²) in [6, 6.07) is 5.34. The van der Waals surface area contributed by atoms with Gasteiger partial charge in [-0.3, -0.25) is 0 Å². The number of halogens is 1. The third kappa shape index (κ3) is 3.05. The molecule has 1 saturated heterocycles. The predicted octanol–water partition coefficient (Wildman–Crippen LogP) is 1.85. The van der Waals surface area contributed by atoms with Gasteiger partial charge in [0.2, 0.25) is 0 Å². The molecule has 1 aromatic carbocycles. The highest BCUT2D eigenvalue weighted by atomic mass is 35.5. The molecule has 98 valence electrons. The van der Waals surface area contributed by atoms with Gasteiger partial charge >= 0.3 is 6.09 Å². The number of hydrogen-bond donors (Lipinski definition) is 2. The van der Waals surface area contributed by atoms with E-state index in [1.54, 1.807) is 12.1 Å². The first kappa shape index (κ1) is 13.0. The Morgan fingerprint density at radius 2 is 2.44 bits per heavy atom. The maximum atomic E-state index is 10.8. The monoisotopic (exact) mass is 270 g/mol. The number of cyclic esters (lactones) is 1. The van der Waals surface area contributed by atoms with Crippen LogP contribution >= 0.6 is 11.6 Å². The van der Waals surface area contributed by atoms with E-state index in [4.69, 9.17) is 26.8 Å². The van der Waals surface area contributed by atoms with E-state index in [1.165, 1.54) is 0 Å². The molecule has 1 aromatic rings. The second kappa shape index (κ2) is 5.46. The quantitative estimate of drug-likeness (QED) is 0.876. The first-order valence-corrected chi connectivity index (χ1v) is 6.06. The van der Waals surface area contributed by atoms with Gasteiger partial charge in [-0.2, -0.15) is 0 Å². The molecule has 1 aliphatic heterocycles. The number of carbonyl (C=O) groups excluding carboxylic acids is 1. The minimum Gasteiger partial charge on any atom is -0.488 e. The number of hydrogen-bond acceptors (Lipinski definition) is 4. The molecule has 0 radical (unpaired) electrons. The fourth-order valence-electron chi connectivity index (χ4n) is 1.62. The van der Waals surface area contributed by atoms with Crippen molar-refractivity contribution in [2.24, 2.45) is 5.73 Å². The first-order chi connectivity index (χ1) is 8.56. The molecule has 1 aliphatic rings. The van der Waals surface area contributed by atoms with Crippen LogP contribution in [0, 0.1) is 0 Å². The number of benzene rings is 1. The third-order valence-electron chi connectivity index (χ3n) is 2.65. The van der Waals surface area contributed by atoms with E-state index in [-0.39, 0.29) is 18.8 Å². The Bertz CT molecular complexity index is 451. The molecule has 0 aliphatic carbocycles. The van der Waals surface area contributed by atoms with Crippen molar-refractivity contribution in [1.82, 2.24) is 5.32 Å². The van der Waals surface area contributed by atoms with Crippen LogP contribution in [-0.4, -0.2) is 25.3 Å². The predicted molar refractivity (Wildman–Crippen MR) is 67.8 cm³/mol. The van der Waals surface area contributed by atoms with Gasteiger partial charge < -0.3 is 20.5 Å². The number of rotatable bonds is 4. The van der Waals surface area contributed by atoms with E-state index in [2.05, 4.69) is 5.32 Å². The molecule has 1 amide bonds. The molecule has 18 heavy (non-hydrogen) atoms. The summed E-state index contributed by atoms with van der Waals surface area (Å²) in [6.07, 6.45) is -0.691. The Hall–Kier alpha value is -1.46. The fraction of sp³-hybridized carbons (Fsp3) is 0.417. The molecule has 1 fully saturated rings. The largest absolute Gasteiger partial charge is 0.488 e. The van der Waals surface area contributed by atoms with Gasteiger partial charge in [-0.25, -0.2) is 4.79 Å². The van der Waals surface area contributed by atoms with Gasteiger partial charge in [0, 0.05) is 6.04 Å². The molecule has 2 atom stereocenters. The summed E-state index contributed by atoms with van der Waals surface area (Å²) in [6.45, 7) is 2.61. The molecular weight excluding hydrogens is 256 g/mol. The van der Waals surface area contributed by atoms with Crippen LogP contribution in [-0.2, 0) is 4.74 Å². The highest BCUT2D eigenvalue weighted by Crippen LogP contribution is 2.27. The Kier molecular flexibility index (Phi) is 3.93. The second-order valence-corrected chi connectivity index (χ2v) is 4.60. The molecule has 0 aromatic heterocycles. The smallest absolute Gasteiger partial charge is 0.407 e. The maximum absolute atomic E-state index is 10.8. The van der Waals surface area contributed by atoms with Crippen molar-refractivity contribution in [3.8, 4) is 5.75 Å². The summed E-state index contributed by atoms with van der Waals surface area (Å²) in [5.74, 6) is 0.559. The number of nitrogens with two attached hydrogens (primary N) is 1. The Labute approximate surface area is 110 Å². The first-order valence-electron chi connectivity index (χ1n) is 5.68. The zero-order valence-electron chi connectivity index (χ0n) is 9.98. The van der Waals surface area contributed by atoms with Crippen LogP contribution in [0.15, 0.2) is 18.2 Å². The molecule has 5 nitrogen and oxygen atoms in total. The average molecular weight is 271 g/mol. The molecule has 0 bridgehead atoms. The summed E-state index contributed by atoms with van der Waals surface area (Å²) in [7, 11) is 0. The van der Waals surface area contributed by atoms with Crippen molar-refractivity contribution in [1.29, 1.82) is 0 Å². The van der Waals surface area contributed by atoms with Crippen molar-refractivity contribution in [3.63, 3.8) is 0 Å². The summed E-state index contributed by atoms with van der Waals surface area (Å²) in [4.78, 5) is 10.8. The summed E-state index contributed by atoms with van der Waals surface area (Å²) in [5, 5.41) is 3.06. The Balaban J connectivity index is 1.95. The summed E-state index contributed by atoms with van der Waals surface area (Å²) >= 11 is 6.08. The van der Waals surface area contributed by atoms with Crippen LogP contribution in [0.25, 0.3) is 0 Å². The number of nitrogens with one attached hydrogen (secondary N) is 1. The van der Waals surface area contributed by atoms with Crippen LogP contribution in [0.4, 0.5) is 4.79 Å². The van der Waals surface area contributed by atoms with Crippen molar-refractivity contribution in [2.75, 3.05) is 13.2 Å². The van der Waals surface area contributed by atoms with Gasteiger partial charge in [-0.15, -0.1) is 0 Å². The van der Waals surface area contributed by atoms with E-state index >= 15 is 0 Å². The standard InChI is InChI=1S/C12H15ClN2O3/c1-7(14)8-2-3-11(10(13)4-8)17-6-9-5-15-12(16)18-9/h2-4,7,9H,5-6,14H2,1H3,(H,15,16)/t7-,9?/m1/s1. The van der Waals surface area contributed by atoms with Crippen molar-refractivity contribution >= 4 is 17.7 Å². The molecule has 6 heteroatoms. The van der Waals surface area contributed by atoms with Gasteiger partial charge in [0.15, 0.2) is 6.10 Å². The van der Waals surface area contributed by atoms with Crippen molar-refractivity contribution < 1.29 is 14.3 Å². The lowest BCUT2D eigenvalue weighted by Crippen LogP contribution is -2.22. The minimum atomic E-state index is -0.415. The van der Waals surface area contributed by atoms with Crippen molar-refractivity contribution in [2.45, 2.75) is 19.1 Å². The van der Waals surface area contributed by atoms with E-state index < -0.39 is 6.09 Å². The molecule has 1 heterocycles. The van der Waals surface area contributed by atoms with Gasteiger partial charge in [0.25, 0.3) is 0 Å². The van der Waals surface area contributed by atoms with E-state index in [9.17, 15) is 4.79 Å². The SMILES string of the molecule is C[C@@H](N)c1ccc(OCC2CNC(=O)O2)c(Cl)c1. The molecular formula is C12H15ClN2O3. The van der Waals surface area contributed by atoms with Crippen LogP contribution in [0.5, 0.6) is 5.75 Å². The Morgan fingerprint density at radius 1 is 1.67 bits per heavy atom. The molecule has 1 unspecified atom stereocenters. The number of alkyl carbamates (subject to hydrolysis) is 1. The number of amides is 1. The van der Waals surface area contributed by atoms with Crippen LogP contribution in [0.2, 0.25) is 5.02 Å². The minimum absolute atomic E-state index is 0.0727. The zero-order chi connectivity index (χ0) is 13.1. The molecule has 2 rings (SSSR count). The van der Waals surface area contributed by atoms with Gasteiger partial charge in [0.1, 0.15) is 12.4 Å². The van der Waals surface area contributed by atoms with Gasteiger partial charge in [-0.1, -0.05) is 17.7 Å². The second-order valence-electron chi connectivity index (χ2n) is 4.20. The summed E-state index contributed by atoms with van der Waals surface area (Å²) < 4.78 is 10.5. The molecule has 3 N–H and O–H groups in total. The lowest BCUT2D eigenvalue weighted by Gasteiger charge is -2.13. The van der Waals surface area contributed by atoms with Crippen LogP contribution in [0.3, 0.4) is 0 Å². The third-order valence-corrected chi connectivity index (χ3v) is 2.95. The lowest BCUT2D eigenvalue weighted by molar-refractivity contribution is 0.105. The van der Waals surface area contributed by atoms with E-state index in [0.29, 0.717) is 17.3 Å². The highest BCUT2D eigenvalue weighted by molar-refractivity contribution is 6.32. The fourth-order valence-corrected chi connectivity index (χ4v) is 1.87. The average Bonchev–Trinajstić information content (AvgIpc) is 2.73. The Morgan fingerprint density at radius 3 is 3.00 bits per heavy atom. The van der Waals surface area contributed by atoms with Crippen molar-refractivity contribution in [3.05, 3.63) is 28.8 Å². The maximum Gasteiger partial charge on any atom is 0.407 e. The topological polar surface area (TPSA) is 73.6 Å². The number of carbonyl (C=O) groups is 1. The molecule has 0 spiro atoms. The highest BCUT2D eigenvalue weighted by Gasteiger charge is 2.23. The molecule has 0 saturated carbocycles. The normalized spacial score (nSPS) is 20.2. The van der Waals surface area contributed by atoms with Gasteiger partial charge in [0.05, 0.1) is 11.6 Å². The lowest BCUT2D eigenvalue weighted by atomic mass is 10.1. The van der Waals surface area contributed by atoms with Gasteiger partial charge in [-0.05, 0) is 24.6 Å². The summed E-state index contributed by atoms with van der Waals surface area (Å²) in [5.41, 5.74) is 6.70. The number of ether oxygens (including phenoxy) is 2. The van der Waals surface area contributed by atoms with Crippen LogP contribution < -0.4 is 15.8 Å².